The Bertz CT molecular complexity index is 878. The first-order valence-electron chi connectivity index (χ1n) is 15.2. The highest BCUT2D eigenvalue weighted by Gasteiger charge is 2.75. The molecule has 0 aromatic rings. The molecule has 4 heteroatoms. The van der Waals surface area contributed by atoms with Crippen molar-refractivity contribution >= 4 is 0 Å². The van der Waals surface area contributed by atoms with E-state index < -0.39 is 17.3 Å². The average molecular weight is 505 g/mol. The van der Waals surface area contributed by atoms with Gasteiger partial charge in [-0.1, -0.05) is 41.5 Å². The van der Waals surface area contributed by atoms with Crippen LogP contribution in [0.15, 0.2) is 0 Å². The summed E-state index contributed by atoms with van der Waals surface area (Å²) in [6, 6.07) is 0. The maximum Gasteiger partial charge on any atom is 0.102 e. The summed E-state index contributed by atoms with van der Waals surface area (Å²) in [7, 11) is 0. The van der Waals surface area contributed by atoms with Crippen molar-refractivity contribution in [1.82, 2.24) is 0 Å². The second-order valence-corrected chi connectivity index (χ2v) is 16.1. The number of hydrogen-bond donors (Lipinski definition) is 3. The molecule has 0 saturated heterocycles. The molecule has 11 unspecified atom stereocenters. The minimum absolute atomic E-state index is 0.0372. The lowest BCUT2D eigenvalue weighted by Gasteiger charge is -2.74. The Labute approximate surface area is 221 Å². The fraction of sp³-hybridized carbons (Fsp3) is 1.00. The van der Waals surface area contributed by atoms with Crippen LogP contribution in [0.4, 0.5) is 0 Å². The monoisotopic (exact) mass is 504 g/mol. The van der Waals surface area contributed by atoms with E-state index in [9.17, 15) is 15.3 Å². The Balaban J connectivity index is 1.56. The predicted octanol–water partition coefficient (Wildman–Crippen LogP) is 6.35. The van der Waals surface area contributed by atoms with Gasteiger partial charge in [-0.25, -0.2) is 0 Å². The lowest BCUT2D eigenvalue weighted by atomic mass is 9.31. The summed E-state index contributed by atoms with van der Waals surface area (Å²) in [5.41, 5.74) is -1.32. The molecular formula is C32H56O4. The highest BCUT2D eigenvalue weighted by molar-refractivity contribution is 5.24. The molecule has 0 aromatic carbocycles. The first-order chi connectivity index (χ1) is 16.5. The topological polar surface area (TPSA) is 69.9 Å². The van der Waals surface area contributed by atoms with E-state index in [0.717, 1.165) is 32.1 Å². The van der Waals surface area contributed by atoms with Crippen molar-refractivity contribution in [3.63, 3.8) is 0 Å². The van der Waals surface area contributed by atoms with Gasteiger partial charge in [0, 0.05) is 12.5 Å². The van der Waals surface area contributed by atoms with E-state index in [1.165, 1.54) is 25.7 Å². The number of ether oxygens (including phenoxy) is 1. The van der Waals surface area contributed by atoms with Gasteiger partial charge in [0.1, 0.15) is 5.60 Å². The van der Waals surface area contributed by atoms with Gasteiger partial charge in [-0.05, 0) is 123 Å². The molecule has 4 nitrogen and oxygen atoms in total. The molecule has 0 heterocycles. The van der Waals surface area contributed by atoms with Crippen LogP contribution in [0.1, 0.15) is 120 Å². The van der Waals surface area contributed by atoms with E-state index >= 15 is 0 Å². The van der Waals surface area contributed by atoms with Gasteiger partial charge in [-0.15, -0.1) is 0 Å². The largest absolute Gasteiger partial charge is 0.393 e. The number of rotatable bonds is 3. The highest BCUT2D eigenvalue weighted by atomic mass is 16.5. The van der Waals surface area contributed by atoms with Gasteiger partial charge < -0.3 is 20.1 Å². The zero-order chi connectivity index (χ0) is 26.7. The maximum absolute atomic E-state index is 12.1. The lowest BCUT2D eigenvalue weighted by molar-refractivity contribution is -0.287. The van der Waals surface area contributed by atoms with E-state index in [4.69, 9.17) is 4.74 Å². The Morgan fingerprint density at radius 3 is 1.94 bits per heavy atom. The molecule has 0 bridgehead atoms. The van der Waals surface area contributed by atoms with E-state index in [1.807, 2.05) is 20.8 Å². The van der Waals surface area contributed by atoms with Gasteiger partial charge in [-0.3, -0.25) is 0 Å². The molecule has 5 aliphatic rings. The molecule has 208 valence electrons. The molecule has 0 aliphatic heterocycles. The standard InChI is InChI=1S/C32H56O4/c1-10-36-32(27(4,5)35)18-17-29(7)23-12-11-22-28(6)15-14-24(34)26(2,3)21(28)13-16-30(22,8)31(23,9)19-20(33)25(29)32/h20-25,33-35H,10-19H2,1-9H3. The summed E-state index contributed by atoms with van der Waals surface area (Å²) in [5.74, 6) is 1.65. The van der Waals surface area contributed by atoms with Crippen LogP contribution in [0.5, 0.6) is 0 Å². The van der Waals surface area contributed by atoms with E-state index in [-0.39, 0.29) is 39.1 Å². The molecule has 5 aliphatic carbocycles. The molecule has 3 N–H and O–H groups in total. The Morgan fingerprint density at radius 1 is 0.750 bits per heavy atom. The van der Waals surface area contributed by atoms with Crippen molar-refractivity contribution in [2.24, 2.45) is 50.7 Å². The fourth-order valence-electron chi connectivity index (χ4n) is 12.6. The second-order valence-electron chi connectivity index (χ2n) is 16.1. The van der Waals surface area contributed by atoms with Gasteiger partial charge in [0.25, 0.3) is 0 Å². The van der Waals surface area contributed by atoms with Crippen LogP contribution in [0.3, 0.4) is 0 Å². The molecule has 0 radical (unpaired) electrons. The molecule has 11 atom stereocenters. The van der Waals surface area contributed by atoms with Gasteiger partial charge in [0.2, 0.25) is 0 Å². The van der Waals surface area contributed by atoms with Crippen LogP contribution >= 0.6 is 0 Å². The summed E-state index contributed by atoms with van der Waals surface area (Å²) in [5, 5.41) is 34.5. The Hall–Kier alpha value is -0.160. The smallest absolute Gasteiger partial charge is 0.102 e. The molecule has 5 saturated carbocycles. The van der Waals surface area contributed by atoms with Crippen LogP contribution in [-0.2, 0) is 4.74 Å². The second kappa shape index (κ2) is 7.95. The number of fused-ring (bicyclic) bond motifs is 7. The lowest BCUT2D eigenvalue weighted by Crippen LogP contribution is -2.70. The first kappa shape index (κ1) is 27.4. The number of hydrogen-bond acceptors (Lipinski definition) is 4. The minimum Gasteiger partial charge on any atom is -0.393 e. The van der Waals surface area contributed by atoms with E-state index in [1.54, 1.807) is 0 Å². The molecule has 36 heavy (non-hydrogen) atoms. The van der Waals surface area contributed by atoms with Crippen molar-refractivity contribution in [3.05, 3.63) is 0 Å². The zero-order valence-corrected chi connectivity index (χ0v) is 24.8. The zero-order valence-electron chi connectivity index (χ0n) is 24.8. The van der Waals surface area contributed by atoms with Crippen LogP contribution in [0.25, 0.3) is 0 Å². The average Bonchev–Trinajstić information content (AvgIpc) is 3.07. The maximum atomic E-state index is 12.1. The summed E-state index contributed by atoms with van der Waals surface area (Å²) in [4.78, 5) is 0. The highest BCUT2D eigenvalue weighted by Crippen LogP contribution is 2.78. The fourth-order valence-corrected chi connectivity index (χ4v) is 12.6. The van der Waals surface area contributed by atoms with Crippen molar-refractivity contribution in [1.29, 1.82) is 0 Å². The van der Waals surface area contributed by atoms with Gasteiger partial charge in [0.15, 0.2) is 0 Å². The molecule has 0 spiro atoms. The normalized spacial score (nSPS) is 56.3. The molecule has 5 fully saturated rings. The summed E-state index contributed by atoms with van der Waals surface area (Å²) < 4.78 is 6.49. The first-order valence-corrected chi connectivity index (χ1v) is 15.2. The van der Waals surface area contributed by atoms with Crippen LogP contribution in [-0.4, -0.2) is 45.3 Å². The minimum atomic E-state index is -0.999. The van der Waals surface area contributed by atoms with Crippen LogP contribution in [0, 0.1) is 50.7 Å². The molecule has 0 aromatic heterocycles. The quantitative estimate of drug-likeness (QED) is 0.419. The van der Waals surface area contributed by atoms with Gasteiger partial charge in [0.05, 0.1) is 17.8 Å². The third kappa shape index (κ3) is 3.08. The van der Waals surface area contributed by atoms with Gasteiger partial charge >= 0.3 is 0 Å². The molecular weight excluding hydrogens is 448 g/mol. The summed E-state index contributed by atoms with van der Waals surface area (Å²) in [6.07, 6.45) is 8.83. The van der Waals surface area contributed by atoms with Crippen molar-refractivity contribution in [2.45, 2.75) is 144 Å². The Morgan fingerprint density at radius 2 is 1.36 bits per heavy atom. The van der Waals surface area contributed by atoms with Crippen molar-refractivity contribution in [3.8, 4) is 0 Å². The number of aliphatic hydroxyl groups excluding tert-OH is 2. The third-order valence-corrected chi connectivity index (χ3v) is 14.3. The van der Waals surface area contributed by atoms with E-state index in [2.05, 4.69) is 41.5 Å². The number of aliphatic hydroxyl groups is 3. The predicted molar refractivity (Wildman–Crippen MR) is 144 cm³/mol. The summed E-state index contributed by atoms with van der Waals surface area (Å²) >= 11 is 0. The van der Waals surface area contributed by atoms with Crippen molar-refractivity contribution in [2.75, 3.05) is 6.61 Å². The molecule has 0 amide bonds. The Kier molecular flexibility index (Phi) is 6.05. The third-order valence-electron chi connectivity index (χ3n) is 14.3. The van der Waals surface area contributed by atoms with Crippen LogP contribution in [0.2, 0.25) is 0 Å². The van der Waals surface area contributed by atoms with E-state index in [0.29, 0.717) is 24.4 Å². The van der Waals surface area contributed by atoms with Crippen molar-refractivity contribution < 1.29 is 20.1 Å². The van der Waals surface area contributed by atoms with Crippen LogP contribution < -0.4 is 0 Å². The summed E-state index contributed by atoms with van der Waals surface area (Å²) in [6.45, 7) is 21.1. The molecule has 5 rings (SSSR count). The van der Waals surface area contributed by atoms with Gasteiger partial charge in [-0.2, -0.15) is 0 Å². The SMILES string of the molecule is CCOC1(C(C)(C)O)CCC2(C)C3CCC4C5(C)CCC(O)C(C)(C)C5CCC4(C)C3(C)CC(O)C21.